The Morgan fingerprint density at radius 1 is 0.375 bits per heavy atom. The SMILES string of the molecule is c1cc(-c2ccc3c4ccccc4c4ccccc4c3c2)c2c(c1)-c1cc(-n3c4ccccc4c4ccc5ccccc5c43)ccc1C2. The van der Waals surface area contributed by atoms with Crippen molar-refractivity contribution in [1.29, 1.82) is 0 Å². The highest BCUT2D eigenvalue weighted by Crippen LogP contribution is 2.45. The van der Waals surface area contributed by atoms with Gasteiger partial charge >= 0.3 is 0 Å². The first-order valence-corrected chi connectivity index (χ1v) is 16.8. The number of hydrogen-bond donors (Lipinski definition) is 0. The molecule has 0 spiro atoms. The van der Waals surface area contributed by atoms with Crippen LogP contribution in [0.4, 0.5) is 0 Å². The summed E-state index contributed by atoms with van der Waals surface area (Å²) in [5, 5.41) is 13.0. The maximum atomic E-state index is 2.48. The standard InChI is InChI=1S/C47H29N/c1-2-11-34-29(10-1)21-25-42-41-16-7-8-19-46(41)48(47(34)42)32-23-20-31-27-44-33(17-9-18-39(44)43(31)28-32)30-22-24-40-37-14-4-3-12-35(37)36-13-5-6-15-38(36)45(40)26-30/h1-26,28H,27H2. The van der Waals surface area contributed by atoms with Gasteiger partial charge in [-0.05, 0) is 102 Å². The second-order valence-electron chi connectivity index (χ2n) is 13.2. The summed E-state index contributed by atoms with van der Waals surface area (Å²) in [6.07, 6.45) is 0.938. The van der Waals surface area contributed by atoms with E-state index in [4.69, 9.17) is 0 Å². The number of nitrogens with zero attached hydrogens (tertiary/aromatic N) is 1. The fourth-order valence-electron chi connectivity index (χ4n) is 8.67. The molecule has 1 aliphatic carbocycles. The van der Waals surface area contributed by atoms with E-state index in [9.17, 15) is 0 Å². The highest BCUT2D eigenvalue weighted by Gasteiger charge is 2.24. The minimum atomic E-state index is 0.938. The van der Waals surface area contributed by atoms with Crippen LogP contribution in [0.15, 0.2) is 164 Å². The molecule has 0 N–H and O–H groups in total. The molecule has 0 bridgehead atoms. The molecular weight excluding hydrogens is 579 g/mol. The van der Waals surface area contributed by atoms with Gasteiger partial charge in [0.05, 0.1) is 11.0 Å². The van der Waals surface area contributed by atoms with Crippen molar-refractivity contribution < 1.29 is 0 Å². The summed E-state index contributed by atoms with van der Waals surface area (Å²) in [5.74, 6) is 0. The van der Waals surface area contributed by atoms with Gasteiger partial charge in [-0.2, -0.15) is 0 Å². The molecule has 222 valence electrons. The second-order valence-corrected chi connectivity index (χ2v) is 13.2. The van der Waals surface area contributed by atoms with E-state index in [0.29, 0.717) is 0 Å². The van der Waals surface area contributed by atoms with Crippen molar-refractivity contribution in [2.45, 2.75) is 6.42 Å². The van der Waals surface area contributed by atoms with Gasteiger partial charge < -0.3 is 4.57 Å². The van der Waals surface area contributed by atoms with Gasteiger partial charge in [0.1, 0.15) is 0 Å². The predicted octanol–water partition coefficient (Wildman–Crippen LogP) is 12.6. The molecule has 1 aliphatic rings. The van der Waals surface area contributed by atoms with Crippen molar-refractivity contribution in [3.05, 3.63) is 175 Å². The summed E-state index contributed by atoms with van der Waals surface area (Å²) in [6.45, 7) is 0. The zero-order valence-electron chi connectivity index (χ0n) is 26.2. The minimum Gasteiger partial charge on any atom is -0.309 e. The summed E-state index contributed by atoms with van der Waals surface area (Å²) >= 11 is 0. The van der Waals surface area contributed by atoms with Gasteiger partial charge in [-0.1, -0.05) is 140 Å². The summed E-state index contributed by atoms with van der Waals surface area (Å²) in [6, 6.07) is 60.9. The van der Waals surface area contributed by atoms with Crippen LogP contribution in [0.2, 0.25) is 0 Å². The Hall–Kier alpha value is -6.18. The monoisotopic (exact) mass is 607 g/mol. The molecule has 0 radical (unpaired) electrons. The van der Waals surface area contributed by atoms with E-state index >= 15 is 0 Å². The van der Waals surface area contributed by atoms with E-state index in [0.717, 1.165) is 6.42 Å². The Balaban J connectivity index is 1.11. The van der Waals surface area contributed by atoms with Crippen LogP contribution in [0, 0.1) is 0 Å². The van der Waals surface area contributed by atoms with E-state index in [2.05, 4.69) is 168 Å². The molecule has 0 aliphatic heterocycles. The zero-order valence-corrected chi connectivity index (χ0v) is 26.2. The van der Waals surface area contributed by atoms with Crippen molar-refractivity contribution in [3.8, 4) is 27.9 Å². The van der Waals surface area contributed by atoms with Gasteiger partial charge in [-0.3, -0.25) is 0 Å². The molecule has 1 heterocycles. The normalized spacial score (nSPS) is 12.5. The van der Waals surface area contributed by atoms with Gasteiger partial charge in [0.2, 0.25) is 0 Å². The first-order chi connectivity index (χ1) is 23.8. The lowest BCUT2D eigenvalue weighted by atomic mass is 9.90. The van der Waals surface area contributed by atoms with Crippen LogP contribution in [-0.4, -0.2) is 4.57 Å². The number of aromatic nitrogens is 1. The van der Waals surface area contributed by atoms with E-state index in [1.807, 2.05) is 0 Å². The van der Waals surface area contributed by atoms with Crippen LogP contribution < -0.4 is 0 Å². The third kappa shape index (κ3) is 3.51. The molecule has 0 saturated heterocycles. The van der Waals surface area contributed by atoms with Crippen molar-refractivity contribution in [2.24, 2.45) is 0 Å². The molecule has 1 nitrogen and oxygen atoms in total. The summed E-state index contributed by atoms with van der Waals surface area (Å²) in [4.78, 5) is 0. The number of hydrogen-bond acceptors (Lipinski definition) is 0. The van der Waals surface area contributed by atoms with Gasteiger partial charge in [0, 0.05) is 21.8 Å². The fourth-order valence-corrected chi connectivity index (χ4v) is 8.67. The largest absolute Gasteiger partial charge is 0.309 e. The lowest BCUT2D eigenvalue weighted by molar-refractivity contribution is 1.18. The molecular formula is C47H29N. The summed E-state index contributed by atoms with van der Waals surface area (Å²) < 4.78 is 2.48. The van der Waals surface area contributed by atoms with E-state index in [1.54, 1.807) is 0 Å². The van der Waals surface area contributed by atoms with Crippen LogP contribution in [0.3, 0.4) is 0 Å². The summed E-state index contributed by atoms with van der Waals surface area (Å²) in [7, 11) is 0. The molecule has 0 amide bonds. The van der Waals surface area contributed by atoms with Crippen LogP contribution >= 0.6 is 0 Å². The predicted molar refractivity (Wildman–Crippen MR) is 204 cm³/mol. The average molecular weight is 608 g/mol. The average Bonchev–Trinajstić information content (AvgIpc) is 3.70. The molecule has 10 aromatic rings. The summed E-state index contributed by atoms with van der Waals surface area (Å²) in [5.41, 5.74) is 11.8. The van der Waals surface area contributed by atoms with Crippen LogP contribution in [-0.2, 0) is 6.42 Å². The first-order valence-electron chi connectivity index (χ1n) is 16.8. The molecule has 1 aromatic heterocycles. The smallest absolute Gasteiger partial charge is 0.0619 e. The van der Waals surface area contributed by atoms with Crippen molar-refractivity contribution in [1.82, 2.24) is 4.57 Å². The highest BCUT2D eigenvalue weighted by atomic mass is 15.0. The van der Waals surface area contributed by atoms with Crippen molar-refractivity contribution in [2.75, 3.05) is 0 Å². The Labute approximate surface area is 277 Å². The van der Waals surface area contributed by atoms with Crippen LogP contribution in [0.25, 0.3) is 92.8 Å². The van der Waals surface area contributed by atoms with Gasteiger partial charge in [-0.25, -0.2) is 0 Å². The van der Waals surface area contributed by atoms with Crippen molar-refractivity contribution in [3.63, 3.8) is 0 Å². The highest BCUT2D eigenvalue weighted by molar-refractivity contribution is 6.26. The number of fused-ring (bicyclic) bond motifs is 14. The van der Waals surface area contributed by atoms with Crippen LogP contribution in [0.5, 0.6) is 0 Å². The molecule has 0 unspecified atom stereocenters. The number of benzene rings is 9. The maximum absolute atomic E-state index is 2.48. The first kappa shape index (κ1) is 25.9. The fraction of sp³-hybridized carbons (Fsp3) is 0.0213. The number of rotatable bonds is 2. The topological polar surface area (TPSA) is 4.93 Å². The maximum Gasteiger partial charge on any atom is 0.0619 e. The Morgan fingerprint density at radius 3 is 1.79 bits per heavy atom. The Kier molecular flexibility index (Phi) is 5.23. The van der Waals surface area contributed by atoms with E-state index in [-0.39, 0.29) is 0 Å². The molecule has 0 fully saturated rings. The lowest BCUT2D eigenvalue weighted by Gasteiger charge is -2.14. The van der Waals surface area contributed by atoms with E-state index < -0.39 is 0 Å². The van der Waals surface area contributed by atoms with E-state index in [1.165, 1.54) is 104 Å². The molecule has 0 saturated carbocycles. The van der Waals surface area contributed by atoms with Crippen molar-refractivity contribution >= 4 is 64.9 Å². The number of para-hydroxylation sites is 1. The van der Waals surface area contributed by atoms with Gasteiger partial charge in [0.25, 0.3) is 0 Å². The quantitative estimate of drug-likeness (QED) is 0.172. The minimum absolute atomic E-state index is 0.938. The Bertz CT molecular complexity index is 2940. The molecule has 0 atom stereocenters. The third-order valence-corrected chi connectivity index (χ3v) is 10.8. The molecule has 11 rings (SSSR count). The van der Waals surface area contributed by atoms with Gasteiger partial charge in [-0.15, -0.1) is 0 Å². The zero-order chi connectivity index (χ0) is 31.3. The third-order valence-electron chi connectivity index (χ3n) is 10.8. The second kappa shape index (κ2) is 9.67. The molecule has 1 heteroatoms. The van der Waals surface area contributed by atoms with Gasteiger partial charge in [0.15, 0.2) is 0 Å². The van der Waals surface area contributed by atoms with Crippen LogP contribution in [0.1, 0.15) is 11.1 Å². The molecule has 9 aromatic carbocycles. The Morgan fingerprint density at radius 2 is 1.00 bits per heavy atom. The molecule has 48 heavy (non-hydrogen) atoms. The lowest BCUT2D eigenvalue weighted by Crippen LogP contribution is -1.95.